The predicted octanol–water partition coefficient (Wildman–Crippen LogP) is 4.18. The molecule has 35 heavy (non-hydrogen) atoms. The number of thiophene rings is 1. The molecule has 0 atom stereocenters. The van der Waals surface area contributed by atoms with Gasteiger partial charge in [0.2, 0.25) is 0 Å². The van der Waals surface area contributed by atoms with Gasteiger partial charge in [-0.2, -0.15) is 8.42 Å². The minimum Gasteiger partial charge on any atom is -0.463 e. The van der Waals surface area contributed by atoms with Gasteiger partial charge in [-0.1, -0.05) is 23.7 Å². The van der Waals surface area contributed by atoms with Gasteiger partial charge in [0.05, 0.1) is 33.3 Å². The lowest BCUT2D eigenvalue weighted by Crippen LogP contribution is -2.23. The van der Waals surface area contributed by atoms with E-state index in [1.165, 1.54) is 11.3 Å². The van der Waals surface area contributed by atoms with Crippen molar-refractivity contribution >= 4 is 68.0 Å². The van der Waals surface area contributed by atoms with Gasteiger partial charge < -0.3 is 15.4 Å². The van der Waals surface area contributed by atoms with E-state index in [1.807, 2.05) is 12.1 Å². The van der Waals surface area contributed by atoms with Crippen molar-refractivity contribution in [3.05, 3.63) is 75.4 Å². The lowest BCUT2D eigenvalue weighted by molar-refractivity contribution is 0.102. The van der Waals surface area contributed by atoms with Crippen molar-refractivity contribution in [1.82, 2.24) is 0 Å². The first-order valence-corrected chi connectivity index (χ1v) is 13.0. The molecule has 0 unspecified atom stereocenters. The third-order valence-corrected chi connectivity index (χ3v) is 5.68. The van der Waals surface area contributed by atoms with Crippen molar-refractivity contribution in [3.63, 3.8) is 0 Å². The van der Waals surface area contributed by atoms with Crippen LogP contribution in [0.15, 0.2) is 60.7 Å². The fourth-order valence-electron chi connectivity index (χ4n) is 2.99. The van der Waals surface area contributed by atoms with Crippen molar-refractivity contribution in [1.29, 1.82) is 5.41 Å². The van der Waals surface area contributed by atoms with E-state index in [9.17, 15) is 18.0 Å². The highest BCUT2D eigenvalue weighted by atomic mass is 35.5. The molecule has 13 heteroatoms. The Hall–Kier alpha value is -3.45. The smallest absolute Gasteiger partial charge is 0.289 e. The molecule has 2 heterocycles. The first kappa shape index (κ1) is 26.2. The van der Waals surface area contributed by atoms with Crippen LogP contribution >= 0.6 is 22.9 Å². The Balaban J connectivity index is 0.000000623. The zero-order valence-corrected chi connectivity index (χ0v) is 20.7. The summed E-state index contributed by atoms with van der Waals surface area (Å²) < 4.78 is 31.5. The number of hydrogen-bond donors (Lipinski definition) is 4. The second-order valence-corrected chi connectivity index (χ2v) is 10.3. The summed E-state index contributed by atoms with van der Waals surface area (Å²) in [5, 5.41) is 13.4. The van der Waals surface area contributed by atoms with Crippen LogP contribution in [-0.2, 0) is 14.9 Å². The predicted molar refractivity (Wildman–Crippen MR) is 137 cm³/mol. The van der Waals surface area contributed by atoms with Gasteiger partial charge >= 0.3 is 0 Å². The zero-order valence-electron chi connectivity index (χ0n) is 18.3. The minimum atomic E-state index is -3.67. The van der Waals surface area contributed by atoms with Crippen molar-refractivity contribution in [2.45, 2.75) is 0 Å². The number of benzene rings is 2. The van der Waals surface area contributed by atoms with Gasteiger partial charge in [0, 0.05) is 11.4 Å². The molecule has 1 aliphatic heterocycles. The molecule has 0 spiro atoms. The molecule has 3 aromatic rings. The molecule has 4 rings (SSSR count). The summed E-state index contributed by atoms with van der Waals surface area (Å²) >= 11 is 7.06. The third-order valence-electron chi connectivity index (χ3n) is 4.45. The SMILES string of the molecule is CS(=O)(=O)O.N=C1OCCN1c1ccc(NC(=O)c2ccccc2NC(=O)c2ccc(Cl)s2)cc1. The molecule has 1 aromatic heterocycles. The highest BCUT2D eigenvalue weighted by Gasteiger charge is 2.20. The Bertz CT molecular complexity index is 1330. The van der Waals surface area contributed by atoms with Gasteiger partial charge in [-0.05, 0) is 48.5 Å². The summed E-state index contributed by atoms with van der Waals surface area (Å²) in [6.45, 7) is 1.10. The lowest BCUT2D eigenvalue weighted by atomic mass is 10.1. The summed E-state index contributed by atoms with van der Waals surface area (Å²) in [4.78, 5) is 27.4. The maximum atomic E-state index is 12.8. The number of para-hydroxylation sites is 1. The summed E-state index contributed by atoms with van der Waals surface area (Å²) in [7, 11) is -3.67. The van der Waals surface area contributed by atoms with Crippen LogP contribution in [-0.4, -0.2) is 50.2 Å². The van der Waals surface area contributed by atoms with E-state index in [1.54, 1.807) is 53.4 Å². The van der Waals surface area contributed by atoms with E-state index >= 15 is 0 Å². The van der Waals surface area contributed by atoms with Gasteiger partial charge in [0.1, 0.15) is 6.61 Å². The molecule has 2 amide bonds. The maximum Gasteiger partial charge on any atom is 0.289 e. The van der Waals surface area contributed by atoms with Crippen molar-refractivity contribution < 1.29 is 27.3 Å². The normalized spacial score (nSPS) is 12.9. The van der Waals surface area contributed by atoms with Crippen LogP contribution < -0.4 is 15.5 Å². The van der Waals surface area contributed by atoms with Crippen LogP contribution in [0.25, 0.3) is 0 Å². The van der Waals surface area contributed by atoms with Gasteiger partial charge in [-0.15, -0.1) is 11.3 Å². The molecule has 1 fully saturated rings. The Morgan fingerprint density at radius 1 is 1.06 bits per heavy atom. The number of hydrogen-bond acceptors (Lipinski definition) is 7. The lowest BCUT2D eigenvalue weighted by Gasteiger charge is -2.15. The van der Waals surface area contributed by atoms with Crippen molar-refractivity contribution in [2.24, 2.45) is 0 Å². The van der Waals surface area contributed by atoms with Crippen molar-refractivity contribution in [2.75, 3.05) is 34.9 Å². The van der Waals surface area contributed by atoms with Crippen LogP contribution in [0, 0.1) is 5.41 Å². The maximum absolute atomic E-state index is 12.8. The molecule has 0 aliphatic carbocycles. The monoisotopic (exact) mass is 536 g/mol. The number of halogens is 1. The first-order chi connectivity index (χ1) is 16.5. The number of carbonyl (C=O) groups excluding carboxylic acids is 2. The Labute approximate surface area is 210 Å². The fraction of sp³-hybridized carbons (Fsp3) is 0.136. The quantitative estimate of drug-likeness (QED) is 0.357. The van der Waals surface area contributed by atoms with Gasteiger partial charge in [-0.3, -0.25) is 24.5 Å². The molecule has 4 N–H and O–H groups in total. The molecule has 1 saturated heterocycles. The second kappa shape index (κ2) is 11.3. The van der Waals surface area contributed by atoms with Crippen LogP contribution in [0.5, 0.6) is 0 Å². The Kier molecular flexibility index (Phi) is 8.46. The number of nitrogens with zero attached hydrogens (tertiary/aromatic N) is 1. The van der Waals surface area contributed by atoms with Crippen molar-refractivity contribution in [3.8, 4) is 0 Å². The number of rotatable bonds is 5. The number of carbonyl (C=O) groups is 2. The van der Waals surface area contributed by atoms with Crippen LogP contribution in [0.4, 0.5) is 17.1 Å². The summed E-state index contributed by atoms with van der Waals surface area (Å²) in [6.07, 6.45) is 0.715. The van der Waals surface area contributed by atoms with E-state index in [4.69, 9.17) is 26.3 Å². The average Bonchev–Trinajstić information content (AvgIpc) is 3.42. The summed E-state index contributed by atoms with van der Waals surface area (Å²) in [6, 6.07) is 17.3. The molecule has 0 radical (unpaired) electrons. The van der Waals surface area contributed by atoms with E-state index in [2.05, 4.69) is 10.6 Å². The van der Waals surface area contributed by atoms with E-state index < -0.39 is 10.1 Å². The van der Waals surface area contributed by atoms with E-state index in [0.717, 1.165) is 5.69 Å². The van der Waals surface area contributed by atoms with E-state index in [0.29, 0.717) is 45.6 Å². The summed E-state index contributed by atoms with van der Waals surface area (Å²) in [5.74, 6) is -0.674. The Morgan fingerprint density at radius 2 is 1.71 bits per heavy atom. The molecule has 1 aliphatic rings. The number of amides is 2. The number of ether oxygens (including phenoxy) is 1. The van der Waals surface area contributed by atoms with Crippen LogP contribution in [0.1, 0.15) is 20.0 Å². The molecule has 0 saturated carbocycles. The fourth-order valence-corrected chi connectivity index (χ4v) is 3.93. The number of nitrogens with one attached hydrogen (secondary N) is 3. The second-order valence-electron chi connectivity index (χ2n) is 7.14. The van der Waals surface area contributed by atoms with Gasteiger partial charge in [-0.25, -0.2) is 0 Å². The largest absolute Gasteiger partial charge is 0.463 e. The minimum absolute atomic E-state index is 0.114. The number of anilines is 3. The molecule has 184 valence electrons. The molecule has 0 bridgehead atoms. The molecular weight excluding hydrogens is 516 g/mol. The standard InChI is InChI=1S/C21H17ClN4O3S.CH4O3S/c22-18-10-9-17(30-18)20(28)25-16-4-2-1-3-15(16)19(27)24-13-5-7-14(8-6-13)26-11-12-29-21(26)23;1-5(2,3)4/h1-10,23H,11-12H2,(H,24,27)(H,25,28);1H3,(H,2,3,4). The van der Waals surface area contributed by atoms with Gasteiger partial charge in [0.15, 0.2) is 0 Å². The van der Waals surface area contributed by atoms with Crippen LogP contribution in [0.2, 0.25) is 4.34 Å². The molecule has 10 nitrogen and oxygen atoms in total. The molecule has 2 aromatic carbocycles. The number of amidine groups is 1. The zero-order chi connectivity index (χ0) is 25.6. The highest BCUT2D eigenvalue weighted by Crippen LogP contribution is 2.25. The van der Waals surface area contributed by atoms with Gasteiger partial charge in [0.25, 0.3) is 28.0 Å². The van der Waals surface area contributed by atoms with Crippen LogP contribution in [0.3, 0.4) is 0 Å². The van der Waals surface area contributed by atoms with E-state index in [-0.39, 0.29) is 17.8 Å². The highest BCUT2D eigenvalue weighted by molar-refractivity contribution is 7.85. The third kappa shape index (κ3) is 7.79. The first-order valence-electron chi connectivity index (χ1n) is 10.00. The Morgan fingerprint density at radius 3 is 2.29 bits per heavy atom. The summed E-state index contributed by atoms with van der Waals surface area (Å²) in [5.41, 5.74) is 2.16. The molecular formula is C22H21ClN4O6S2. The topological polar surface area (TPSA) is 149 Å². The average molecular weight is 537 g/mol.